The van der Waals surface area contributed by atoms with Crippen LogP contribution in [0.4, 0.5) is 5.82 Å². The maximum atomic E-state index is 11.9. The van der Waals surface area contributed by atoms with Crippen LogP contribution in [-0.4, -0.2) is 45.5 Å². The van der Waals surface area contributed by atoms with Crippen LogP contribution in [0.1, 0.15) is 12.8 Å². The molecule has 3 aromatic rings. The lowest BCUT2D eigenvalue weighted by molar-refractivity contribution is -0.141. The molecule has 1 atom stereocenters. The fourth-order valence-corrected chi connectivity index (χ4v) is 3.56. The molecule has 1 fully saturated rings. The summed E-state index contributed by atoms with van der Waals surface area (Å²) >= 11 is 1.60. The van der Waals surface area contributed by atoms with Crippen LogP contribution in [0.15, 0.2) is 29.0 Å². The second-order valence-electron chi connectivity index (χ2n) is 5.37. The summed E-state index contributed by atoms with van der Waals surface area (Å²) in [5, 5.41) is 17.0. The van der Waals surface area contributed by atoms with E-state index in [1.807, 2.05) is 33.9 Å². The molecule has 0 amide bonds. The SMILES string of the molecule is COC(=O)[C@H]1CCCN1c1ccc2nnc(-c3ccsc3)n2n1. The number of carbonyl (C=O) groups excluding carboxylic acids is 1. The average Bonchev–Trinajstić information content (AvgIpc) is 3.31. The summed E-state index contributed by atoms with van der Waals surface area (Å²) in [7, 11) is 1.42. The van der Waals surface area contributed by atoms with E-state index in [2.05, 4.69) is 15.3 Å². The van der Waals surface area contributed by atoms with Crippen molar-refractivity contribution in [3.05, 3.63) is 29.0 Å². The Bertz CT molecular complexity index is 845. The molecule has 0 saturated carbocycles. The molecule has 0 aromatic carbocycles. The molecular weight excluding hydrogens is 314 g/mol. The number of ether oxygens (including phenoxy) is 1. The minimum Gasteiger partial charge on any atom is -0.467 e. The summed E-state index contributed by atoms with van der Waals surface area (Å²) in [4.78, 5) is 13.9. The predicted molar refractivity (Wildman–Crippen MR) is 86.5 cm³/mol. The van der Waals surface area contributed by atoms with Gasteiger partial charge in [0.1, 0.15) is 11.9 Å². The van der Waals surface area contributed by atoms with Crippen LogP contribution in [0, 0.1) is 0 Å². The summed E-state index contributed by atoms with van der Waals surface area (Å²) in [5.41, 5.74) is 1.67. The van der Waals surface area contributed by atoms with Crippen molar-refractivity contribution in [3.63, 3.8) is 0 Å². The number of rotatable bonds is 3. The van der Waals surface area contributed by atoms with Gasteiger partial charge in [-0.1, -0.05) is 0 Å². The lowest BCUT2D eigenvalue weighted by Crippen LogP contribution is -2.37. The van der Waals surface area contributed by atoms with Crippen molar-refractivity contribution in [2.24, 2.45) is 0 Å². The van der Waals surface area contributed by atoms with Gasteiger partial charge in [-0.2, -0.15) is 15.9 Å². The Hall–Kier alpha value is -2.48. The van der Waals surface area contributed by atoms with Gasteiger partial charge in [0.05, 0.1) is 7.11 Å². The van der Waals surface area contributed by atoms with Gasteiger partial charge >= 0.3 is 5.97 Å². The molecule has 1 saturated heterocycles. The van der Waals surface area contributed by atoms with Crippen molar-refractivity contribution in [3.8, 4) is 11.4 Å². The largest absolute Gasteiger partial charge is 0.467 e. The number of anilines is 1. The first kappa shape index (κ1) is 14.1. The Labute approximate surface area is 136 Å². The number of carbonyl (C=O) groups is 1. The highest BCUT2D eigenvalue weighted by atomic mass is 32.1. The molecule has 8 heteroatoms. The lowest BCUT2D eigenvalue weighted by atomic mass is 10.2. The Kier molecular flexibility index (Phi) is 3.45. The predicted octanol–water partition coefficient (Wildman–Crippen LogP) is 1.99. The number of hydrogen-bond acceptors (Lipinski definition) is 7. The van der Waals surface area contributed by atoms with Crippen LogP contribution in [0.5, 0.6) is 0 Å². The van der Waals surface area contributed by atoms with Crippen LogP contribution < -0.4 is 4.90 Å². The fraction of sp³-hybridized carbons (Fsp3) is 0.333. The normalized spacial score (nSPS) is 17.8. The summed E-state index contributed by atoms with van der Waals surface area (Å²) in [6.45, 7) is 0.786. The number of methoxy groups -OCH3 is 1. The Balaban J connectivity index is 1.76. The Morgan fingerprint density at radius 3 is 3.04 bits per heavy atom. The molecule has 4 rings (SSSR count). The zero-order valence-electron chi connectivity index (χ0n) is 12.5. The monoisotopic (exact) mass is 329 g/mol. The van der Waals surface area contributed by atoms with Gasteiger partial charge in [0.2, 0.25) is 0 Å². The van der Waals surface area contributed by atoms with Crippen molar-refractivity contribution < 1.29 is 9.53 Å². The fourth-order valence-electron chi connectivity index (χ4n) is 2.93. The van der Waals surface area contributed by atoms with Gasteiger partial charge in [-0.15, -0.1) is 15.3 Å². The molecule has 0 spiro atoms. The van der Waals surface area contributed by atoms with Crippen molar-refractivity contribution in [2.45, 2.75) is 18.9 Å². The van der Waals surface area contributed by atoms with E-state index >= 15 is 0 Å². The number of esters is 1. The van der Waals surface area contributed by atoms with Gasteiger partial charge in [0.15, 0.2) is 11.5 Å². The summed E-state index contributed by atoms with van der Waals surface area (Å²) in [6.07, 6.45) is 1.73. The molecule has 4 heterocycles. The number of hydrogen-bond donors (Lipinski definition) is 0. The molecule has 3 aromatic heterocycles. The number of thiophene rings is 1. The molecular formula is C15H15N5O2S. The van der Waals surface area contributed by atoms with Gasteiger partial charge < -0.3 is 9.64 Å². The van der Waals surface area contributed by atoms with E-state index in [1.54, 1.807) is 15.9 Å². The third-order valence-corrected chi connectivity index (χ3v) is 4.73. The van der Waals surface area contributed by atoms with E-state index in [0.29, 0.717) is 11.5 Å². The van der Waals surface area contributed by atoms with Crippen LogP contribution in [0.2, 0.25) is 0 Å². The lowest BCUT2D eigenvalue weighted by Gasteiger charge is -2.23. The van der Waals surface area contributed by atoms with Gasteiger partial charge in [0.25, 0.3) is 0 Å². The topological polar surface area (TPSA) is 72.6 Å². The van der Waals surface area contributed by atoms with Crippen molar-refractivity contribution in [2.75, 3.05) is 18.6 Å². The second kappa shape index (κ2) is 5.62. The van der Waals surface area contributed by atoms with E-state index in [4.69, 9.17) is 4.74 Å². The molecule has 0 radical (unpaired) electrons. The summed E-state index contributed by atoms with van der Waals surface area (Å²) < 4.78 is 6.63. The first-order chi connectivity index (χ1) is 11.3. The van der Waals surface area contributed by atoms with Gasteiger partial charge in [-0.3, -0.25) is 0 Å². The molecule has 1 aliphatic rings. The second-order valence-corrected chi connectivity index (χ2v) is 6.15. The molecule has 0 bridgehead atoms. The molecule has 0 unspecified atom stereocenters. The minimum atomic E-state index is -0.272. The maximum Gasteiger partial charge on any atom is 0.328 e. The molecule has 7 nitrogen and oxygen atoms in total. The van der Waals surface area contributed by atoms with Crippen molar-refractivity contribution in [1.29, 1.82) is 0 Å². The highest BCUT2D eigenvalue weighted by molar-refractivity contribution is 7.08. The number of aromatic nitrogens is 4. The molecule has 0 aliphatic carbocycles. The van der Waals surface area contributed by atoms with E-state index < -0.39 is 0 Å². The quantitative estimate of drug-likeness (QED) is 0.684. The van der Waals surface area contributed by atoms with E-state index in [-0.39, 0.29) is 12.0 Å². The van der Waals surface area contributed by atoms with Crippen LogP contribution in [0.25, 0.3) is 17.0 Å². The third-order valence-electron chi connectivity index (χ3n) is 4.05. The van der Waals surface area contributed by atoms with Crippen LogP contribution >= 0.6 is 11.3 Å². The molecule has 0 N–H and O–H groups in total. The van der Waals surface area contributed by atoms with Gasteiger partial charge in [0, 0.05) is 17.5 Å². The van der Waals surface area contributed by atoms with E-state index in [1.165, 1.54) is 7.11 Å². The van der Waals surface area contributed by atoms with Crippen LogP contribution in [0.3, 0.4) is 0 Å². The van der Waals surface area contributed by atoms with Crippen molar-refractivity contribution >= 4 is 28.8 Å². The minimum absolute atomic E-state index is 0.216. The zero-order valence-corrected chi connectivity index (χ0v) is 13.4. The molecule has 118 valence electrons. The van der Waals surface area contributed by atoms with Gasteiger partial charge in [-0.05, 0) is 36.4 Å². The highest BCUT2D eigenvalue weighted by Crippen LogP contribution is 2.26. The zero-order chi connectivity index (χ0) is 15.8. The first-order valence-corrected chi connectivity index (χ1v) is 8.32. The maximum absolute atomic E-state index is 11.9. The van der Waals surface area contributed by atoms with Crippen LogP contribution in [-0.2, 0) is 9.53 Å². The molecule has 23 heavy (non-hydrogen) atoms. The standard InChI is InChI=1S/C15H15N5O2S/c1-22-15(21)11-3-2-7-19(11)13-5-4-12-16-17-14(20(12)18-13)10-6-8-23-9-10/h4-6,8-9,11H,2-3,7H2,1H3/t11-/m1/s1. The van der Waals surface area contributed by atoms with E-state index in [0.717, 1.165) is 30.8 Å². The smallest absolute Gasteiger partial charge is 0.328 e. The Morgan fingerprint density at radius 1 is 1.35 bits per heavy atom. The summed E-state index contributed by atoms with van der Waals surface area (Å²) in [5.74, 6) is 1.23. The summed E-state index contributed by atoms with van der Waals surface area (Å²) in [6, 6.07) is 5.47. The Morgan fingerprint density at radius 2 is 2.26 bits per heavy atom. The number of fused-ring (bicyclic) bond motifs is 1. The number of nitrogens with zero attached hydrogens (tertiary/aromatic N) is 5. The van der Waals surface area contributed by atoms with Gasteiger partial charge in [-0.25, -0.2) is 4.79 Å². The molecule has 1 aliphatic heterocycles. The average molecular weight is 329 g/mol. The van der Waals surface area contributed by atoms with Crippen molar-refractivity contribution in [1.82, 2.24) is 19.8 Å². The highest BCUT2D eigenvalue weighted by Gasteiger charge is 2.32. The first-order valence-electron chi connectivity index (χ1n) is 7.37. The third kappa shape index (κ3) is 2.35. The van der Waals surface area contributed by atoms with E-state index in [9.17, 15) is 4.79 Å².